The Bertz CT molecular complexity index is 805. The predicted octanol–water partition coefficient (Wildman–Crippen LogP) is 5.14. The van der Waals surface area contributed by atoms with Crippen molar-refractivity contribution in [1.82, 2.24) is 0 Å². The zero-order valence-corrected chi connectivity index (χ0v) is 16.2. The van der Waals surface area contributed by atoms with E-state index in [0.29, 0.717) is 33.6 Å². The molecular formula is C19H20Cl2N2O3. The Hall–Kier alpha value is -2.24. The molecule has 2 amide bonds. The first-order valence-corrected chi connectivity index (χ1v) is 8.82. The van der Waals surface area contributed by atoms with Crippen molar-refractivity contribution in [3.05, 3.63) is 52.5 Å². The highest BCUT2D eigenvalue weighted by Gasteiger charge is 2.30. The van der Waals surface area contributed by atoms with E-state index in [0.717, 1.165) is 0 Å². The average Bonchev–Trinajstić information content (AvgIpc) is 2.59. The van der Waals surface area contributed by atoms with Crippen molar-refractivity contribution >= 4 is 46.4 Å². The molecule has 0 saturated heterocycles. The zero-order valence-electron chi connectivity index (χ0n) is 14.7. The lowest BCUT2D eigenvalue weighted by atomic mass is 10.1. The largest absolute Gasteiger partial charge is 0.478 e. The van der Waals surface area contributed by atoms with Gasteiger partial charge in [-0.05, 0) is 56.3 Å². The Morgan fingerprint density at radius 2 is 1.69 bits per heavy atom. The van der Waals surface area contributed by atoms with E-state index in [-0.39, 0.29) is 11.8 Å². The fourth-order valence-corrected chi connectivity index (χ4v) is 2.36. The number of carbonyl (C=O) groups is 2. The fraction of sp³-hybridized carbons (Fsp3) is 0.263. The van der Waals surface area contributed by atoms with E-state index in [1.165, 1.54) is 0 Å². The molecule has 0 aliphatic rings. The van der Waals surface area contributed by atoms with E-state index in [4.69, 9.17) is 27.9 Å². The Kier molecular flexibility index (Phi) is 6.51. The number of hydrogen-bond acceptors (Lipinski definition) is 3. The van der Waals surface area contributed by atoms with E-state index < -0.39 is 5.60 Å². The molecule has 2 aromatic carbocycles. The van der Waals surface area contributed by atoms with Crippen LogP contribution >= 0.6 is 23.2 Å². The second kappa shape index (κ2) is 8.43. The van der Waals surface area contributed by atoms with Crippen LogP contribution in [0.25, 0.3) is 0 Å². The molecule has 0 spiro atoms. The lowest BCUT2D eigenvalue weighted by Crippen LogP contribution is -2.42. The van der Waals surface area contributed by atoms with Crippen molar-refractivity contribution in [2.75, 3.05) is 10.6 Å². The van der Waals surface area contributed by atoms with Gasteiger partial charge in [0, 0.05) is 17.1 Å². The molecule has 5 nitrogen and oxygen atoms in total. The van der Waals surface area contributed by atoms with Crippen LogP contribution in [0, 0.1) is 0 Å². The molecule has 2 aromatic rings. The minimum atomic E-state index is -1.15. The van der Waals surface area contributed by atoms with Crippen molar-refractivity contribution < 1.29 is 14.3 Å². The average molecular weight is 395 g/mol. The molecular weight excluding hydrogens is 375 g/mol. The molecule has 0 aliphatic heterocycles. The summed E-state index contributed by atoms with van der Waals surface area (Å²) in [5.41, 5.74) is -0.217. The van der Waals surface area contributed by atoms with Crippen molar-refractivity contribution in [1.29, 1.82) is 0 Å². The number of benzene rings is 2. The maximum atomic E-state index is 12.6. The van der Waals surface area contributed by atoms with Crippen LogP contribution in [0.15, 0.2) is 42.5 Å². The van der Waals surface area contributed by atoms with E-state index in [1.54, 1.807) is 63.2 Å². The van der Waals surface area contributed by atoms with Crippen LogP contribution in [0.1, 0.15) is 27.2 Å². The molecule has 0 atom stereocenters. The number of ether oxygens (including phenoxy) is 1. The summed E-state index contributed by atoms with van der Waals surface area (Å²) in [5, 5.41) is 6.40. The molecule has 0 aliphatic carbocycles. The summed E-state index contributed by atoms with van der Waals surface area (Å²) >= 11 is 12.0. The van der Waals surface area contributed by atoms with Gasteiger partial charge in [0.2, 0.25) is 5.91 Å². The second-order valence-electron chi connectivity index (χ2n) is 6.12. The predicted molar refractivity (Wildman–Crippen MR) is 105 cm³/mol. The van der Waals surface area contributed by atoms with Crippen molar-refractivity contribution in [2.24, 2.45) is 0 Å². The summed E-state index contributed by atoms with van der Waals surface area (Å²) in [4.78, 5) is 24.2. The van der Waals surface area contributed by atoms with Crippen molar-refractivity contribution in [2.45, 2.75) is 32.8 Å². The van der Waals surface area contributed by atoms with Gasteiger partial charge in [0.15, 0.2) is 5.60 Å². The van der Waals surface area contributed by atoms with E-state index in [2.05, 4.69) is 10.6 Å². The maximum Gasteiger partial charge on any atom is 0.268 e. The van der Waals surface area contributed by atoms with Gasteiger partial charge in [0.05, 0.1) is 10.7 Å². The van der Waals surface area contributed by atoms with E-state index >= 15 is 0 Å². The minimum Gasteiger partial charge on any atom is -0.478 e. The van der Waals surface area contributed by atoms with Gasteiger partial charge >= 0.3 is 0 Å². The summed E-state index contributed by atoms with van der Waals surface area (Å²) in [5.74, 6) is 0.00826. The summed E-state index contributed by atoms with van der Waals surface area (Å²) in [6.07, 6.45) is 0.353. The summed E-state index contributed by atoms with van der Waals surface area (Å²) < 4.78 is 5.76. The Labute approximate surface area is 162 Å². The SMILES string of the molecule is CCC(=O)Nc1ccc(Cl)c(NC(=O)C(C)(C)Oc2ccc(Cl)cc2)c1. The lowest BCUT2D eigenvalue weighted by Gasteiger charge is -2.25. The summed E-state index contributed by atoms with van der Waals surface area (Å²) in [6, 6.07) is 11.6. The fourth-order valence-electron chi connectivity index (χ4n) is 2.06. The van der Waals surface area contributed by atoms with Crippen LogP contribution in [0.4, 0.5) is 11.4 Å². The van der Waals surface area contributed by atoms with Gasteiger partial charge in [-0.3, -0.25) is 9.59 Å². The topological polar surface area (TPSA) is 67.4 Å². The molecule has 138 valence electrons. The lowest BCUT2D eigenvalue weighted by molar-refractivity contribution is -0.128. The third kappa shape index (κ3) is 5.38. The monoisotopic (exact) mass is 394 g/mol. The van der Waals surface area contributed by atoms with Gasteiger partial charge < -0.3 is 15.4 Å². The van der Waals surface area contributed by atoms with Gasteiger partial charge in [-0.1, -0.05) is 30.1 Å². The van der Waals surface area contributed by atoms with Crippen LogP contribution in [-0.4, -0.2) is 17.4 Å². The number of anilines is 2. The molecule has 2 rings (SSSR count). The van der Waals surface area contributed by atoms with Gasteiger partial charge in [-0.15, -0.1) is 0 Å². The smallest absolute Gasteiger partial charge is 0.268 e. The number of hydrogen-bond donors (Lipinski definition) is 2. The first-order valence-electron chi connectivity index (χ1n) is 8.06. The molecule has 0 heterocycles. The molecule has 0 saturated carbocycles. The second-order valence-corrected chi connectivity index (χ2v) is 6.96. The van der Waals surface area contributed by atoms with Gasteiger partial charge in [0.1, 0.15) is 5.75 Å². The third-order valence-electron chi connectivity index (χ3n) is 3.55. The van der Waals surface area contributed by atoms with Gasteiger partial charge in [0.25, 0.3) is 5.91 Å². The highest BCUT2D eigenvalue weighted by atomic mass is 35.5. The van der Waals surface area contributed by atoms with E-state index in [1.807, 2.05) is 0 Å². The van der Waals surface area contributed by atoms with Crippen LogP contribution in [0.2, 0.25) is 10.0 Å². The normalized spacial score (nSPS) is 11.0. The van der Waals surface area contributed by atoms with Crippen LogP contribution in [-0.2, 0) is 9.59 Å². The number of carbonyl (C=O) groups excluding carboxylic acids is 2. The van der Waals surface area contributed by atoms with Crippen molar-refractivity contribution in [3.8, 4) is 5.75 Å². The van der Waals surface area contributed by atoms with Crippen LogP contribution < -0.4 is 15.4 Å². The summed E-state index contributed by atoms with van der Waals surface area (Å²) in [6.45, 7) is 5.05. The first kappa shape index (κ1) is 20.1. The Balaban J connectivity index is 2.13. The standard InChI is InChI=1S/C19H20Cl2N2O3/c1-4-17(24)22-13-7-10-15(21)16(11-13)23-18(25)19(2,3)26-14-8-5-12(20)6-9-14/h5-11H,4H2,1-3H3,(H,22,24)(H,23,25). The molecule has 7 heteroatoms. The Morgan fingerprint density at radius 3 is 2.31 bits per heavy atom. The van der Waals surface area contributed by atoms with Crippen LogP contribution in [0.3, 0.4) is 0 Å². The molecule has 0 aromatic heterocycles. The van der Waals surface area contributed by atoms with Crippen molar-refractivity contribution in [3.63, 3.8) is 0 Å². The first-order chi connectivity index (χ1) is 12.2. The Morgan fingerprint density at radius 1 is 1.04 bits per heavy atom. The third-order valence-corrected chi connectivity index (χ3v) is 4.13. The number of halogens is 2. The quantitative estimate of drug-likeness (QED) is 0.712. The molecule has 0 fully saturated rings. The molecule has 0 bridgehead atoms. The maximum absolute atomic E-state index is 12.6. The number of rotatable bonds is 6. The molecule has 26 heavy (non-hydrogen) atoms. The minimum absolute atomic E-state index is 0.129. The van der Waals surface area contributed by atoms with Gasteiger partial charge in [-0.25, -0.2) is 0 Å². The van der Waals surface area contributed by atoms with Crippen LogP contribution in [0.5, 0.6) is 5.75 Å². The molecule has 2 N–H and O–H groups in total. The number of amides is 2. The molecule has 0 unspecified atom stereocenters. The highest BCUT2D eigenvalue weighted by molar-refractivity contribution is 6.34. The van der Waals surface area contributed by atoms with E-state index in [9.17, 15) is 9.59 Å². The zero-order chi connectivity index (χ0) is 19.3. The highest BCUT2D eigenvalue weighted by Crippen LogP contribution is 2.28. The van der Waals surface area contributed by atoms with Gasteiger partial charge in [-0.2, -0.15) is 0 Å². The summed E-state index contributed by atoms with van der Waals surface area (Å²) in [7, 11) is 0. The molecule has 0 radical (unpaired) electrons. The number of nitrogens with one attached hydrogen (secondary N) is 2.